The number of benzene rings is 1. The maximum absolute atomic E-state index is 13.9. The lowest BCUT2D eigenvalue weighted by Crippen LogP contribution is -2.42. The molecule has 0 aliphatic heterocycles. The number of imidazole rings is 1. The van der Waals surface area contributed by atoms with Gasteiger partial charge in [-0.15, -0.1) is 0 Å². The molecule has 2 heterocycles. The van der Waals surface area contributed by atoms with E-state index in [1.807, 2.05) is 12.1 Å². The zero-order valence-electron chi connectivity index (χ0n) is 18.9. The van der Waals surface area contributed by atoms with Crippen LogP contribution in [0.25, 0.3) is 0 Å². The number of guanidine groups is 1. The minimum atomic E-state index is -0.646. The van der Waals surface area contributed by atoms with Crippen molar-refractivity contribution in [3.63, 3.8) is 0 Å². The smallest absolute Gasteiger partial charge is 0.413 e. The minimum absolute atomic E-state index is 0.228. The summed E-state index contributed by atoms with van der Waals surface area (Å²) >= 11 is 0. The number of alkyl carbamates (subject to hydrolysis) is 1. The van der Waals surface area contributed by atoms with Gasteiger partial charge in [0.1, 0.15) is 11.6 Å². The lowest BCUT2D eigenvalue weighted by molar-refractivity contribution is 0.157. The molecule has 1 unspecified atom stereocenters. The molecule has 0 spiro atoms. The third-order valence-electron chi connectivity index (χ3n) is 4.98. The van der Waals surface area contributed by atoms with Gasteiger partial charge in [-0.05, 0) is 56.0 Å². The van der Waals surface area contributed by atoms with Crippen LogP contribution in [0.2, 0.25) is 0 Å². The summed E-state index contributed by atoms with van der Waals surface area (Å²) in [6, 6.07) is 8.88. The van der Waals surface area contributed by atoms with E-state index in [4.69, 9.17) is 4.74 Å². The third kappa shape index (κ3) is 7.95. The Bertz CT molecular complexity index is 1040. The lowest BCUT2D eigenvalue weighted by atomic mass is 9.91. The van der Waals surface area contributed by atoms with Crippen molar-refractivity contribution in [2.75, 3.05) is 19.7 Å². The molecule has 8 nitrogen and oxygen atoms in total. The molecular formula is C24H28F2N6O2. The van der Waals surface area contributed by atoms with Crippen molar-refractivity contribution in [2.24, 2.45) is 4.99 Å². The second-order valence-corrected chi connectivity index (χ2v) is 7.48. The predicted molar refractivity (Wildman–Crippen MR) is 124 cm³/mol. The Hall–Kier alpha value is -3.82. The molecular weight excluding hydrogens is 442 g/mol. The van der Waals surface area contributed by atoms with Crippen molar-refractivity contribution in [3.8, 4) is 0 Å². The van der Waals surface area contributed by atoms with Gasteiger partial charge in [-0.1, -0.05) is 6.07 Å². The maximum Gasteiger partial charge on any atom is 0.413 e. The van der Waals surface area contributed by atoms with E-state index >= 15 is 0 Å². The molecule has 3 N–H and O–H groups in total. The summed E-state index contributed by atoms with van der Waals surface area (Å²) in [5.74, 6) is -1.38. The van der Waals surface area contributed by atoms with E-state index in [2.05, 4.69) is 30.6 Å². The van der Waals surface area contributed by atoms with Gasteiger partial charge in [-0.25, -0.2) is 18.6 Å². The fraction of sp³-hybridized carbons (Fsp3) is 0.333. The molecule has 3 rings (SSSR count). The molecule has 0 bridgehead atoms. The first kappa shape index (κ1) is 24.8. The van der Waals surface area contributed by atoms with Gasteiger partial charge < -0.3 is 15.0 Å². The number of nitrogens with zero attached hydrogens (tertiary/aromatic N) is 3. The van der Waals surface area contributed by atoms with E-state index in [0.717, 1.165) is 24.6 Å². The summed E-state index contributed by atoms with van der Waals surface area (Å²) in [6.45, 7) is 2.77. The fourth-order valence-electron chi connectivity index (χ4n) is 3.46. The number of ether oxygens (including phenoxy) is 1. The topological polar surface area (TPSA) is 104 Å². The Labute approximate surface area is 196 Å². The highest BCUT2D eigenvalue weighted by atomic mass is 19.1. The first-order chi connectivity index (χ1) is 16.5. The van der Waals surface area contributed by atoms with Crippen LogP contribution in [0.3, 0.4) is 0 Å². The standard InChI is InChI=1S/C24H28F2N6O2/c1-2-34-24(33)32-23(29-10-5-6-20-15-27-16-31-20)30-11-8-21(22-7-3-4-9-28-22)17-12-18(25)14-19(26)13-17/h3-4,7,9,12-16,21H,2,5-6,8,10-11H2,1H3,(H,27,31)(H2,29,30,32,33). The van der Waals surface area contributed by atoms with Crippen LogP contribution in [0.5, 0.6) is 0 Å². The van der Waals surface area contributed by atoms with E-state index in [9.17, 15) is 13.6 Å². The summed E-state index contributed by atoms with van der Waals surface area (Å²) in [6.07, 6.45) is 6.37. The molecule has 10 heteroatoms. The third-order valence-corrected chi connectivity index (χ3v) is 4.98. The van der Waals surface area contributed by atoms with Crippen LogP contribution in [0, 0.1) is 11.6 Å². The Balaban J connectivity index is 1.66. The Kier molecular flexibility index (Phi) is 9.51. The summed E-state index contributed by atoms with van der Waals surface area (Å²) in [7, 11) is 0. The first-order valence-corrected chi connectivity index (χ1v) is 11.1. The number of hydrogen-bond acceptors (Lipinski definition) is 5. The van der Waals surface area contributed by atoms with Crippen LogP contribution in [0.4, 0.5) is 13.6 Å². The number of aromatic amines is 1. The number of halogens is 2. The average molecular weight is 471 g/mol. The highest BCUT2D eigenvalue weighted by Gasteiger charge is 2.18. The van der Waals surface area contributed by atoms with Gasteiger partial charge in [0.25, 0.3) is 0 Å². The molecule has 0 radical (unpaired) electrons. The van der Waals surface area contributed by atoms with E-state index in [1.54, 1.807) is 31.7 Å². The van der Waals surface area contributed by atoms with Crippen molar-refractivity contribution in [3.05, 3.63) is 83.7 Å². The number of carbonyl (C=O) groups is 1. The molecule has 0 aliphatic carbocycles. The number of rotatable bonds is 10. The quantitative estimate of drug-likeness (QED) is 0.237. The number of pyridine rings is 1. The number of aliphatic imine (C=N–C) groups is 1. The average Bonchev–Trinajstić information content (AvgIpc) is 3.33. The van der Waals surface area contributed by atoms with Gasteiger partial charge in [-0.2, -0.15) is 0 Å². The SMILES string of the molecule is CCOC(=O)NC(=NCCCc1cnc[nH]1)NCCC(c1cc(F)cc(F)c1)c1ccccn1. The summed E-state index contributed by atoms with van der Waals surface area (Å²) < 4.78 is 32.7. The second-order valence-electron chi connectivity index (χ2n) is 7.48. The van der Waals surface area contributed by atoms with Gasteiger partial charge in [0.05, 0.1) is 12.9 Å². The van der Waals surface area contributed by atoms with Crippen LogP contribution in [0.15, 0.2) is 60.1 Å². The molecule has 1 amide bonds. The van der Waals surface area contributed by atoms with Crippen LogP contribution in [-0.4, -0.2) is 46.7 Å². The van der Waals surface area contributed by atoms with E-state index in [1.165, 1.54) is 12.1 Å². The van der Waals surface area contributed by atoms with Crippen molar-refractivity contribution >= 4 is 12.1 Å². The zero-order valence-corrected chi connectivity index (χ0v) is 18.9. The maximum atomic E-state index is 13.9. The molecule has 180 valence electrons. The molecule has 0 fully saturated rings. The van der Waals surface area contributed by atoms with E-state index in [0.29, 0.717) is 30.8 Å². The van der Waals surface area contributed by atoms with Crippen LogP contribution < -0.4 is 10.6 Å². The first-order valence-electron chi connectivity index (χ1n) is 11.1. The Morgan fingerprint density at radius 1 is 1.24 bits per heavy atom. The van der Waals surface area contributed by atoms with Crippen LogP contribution in [-0.2, 0) is 11.2 Å². The second kappa shape index (κ2) is 13.0. The Morgan fingerprint density at radius 3 is 2.74 bits per heavy atom. The van der Waals surface area contributed by atoms with E-state index in [-0.39, 0.29) is 18.5 Å². The number of aromatic nitrogens is 3. The molecule has 34 heavy (non-hydrogen) atoms. The predicted octanol–water partition coefficient (Wildman–Crippen LogP) is 3.93. The highest BCUT2D eigenvalue weighted by molar-refractivity contribution is 5.93. The normalized spacial score (nSPS) is 12.3. The van der Waals surface area contributed by atoms with Crippen molar-refractivity contribution in [2.45, 2.75) is 32.1 Å². The highest BCUT2D eigenvalue weighted by Crippen LogP contribution is 2.27. The molecule has 1 atom stereocenters. The summed E-state index contributed by atoms with van der Waals surface area (Å²) in [5.41, 5.74) is 2.17. The molecule has 2 aromatic heterocycles. The summed E-state index contributed by atoms with van der Waals surface area (Å²) in [5, 5.41) is 5.71. The molecule has 3 aromatic rings. The zero-order chi connectivity index (χ0) is 24.2. The molecule has 0 saturated heterocycles. The largest absolute Gasteiger partial charge is 0.450 e. The number of hydrogen-bond donors (Lipinski definition) is 3. The fourth-order valence-corrected chi connectivity index (χ4v) is 3.46. The number of aryl methyl sites for hydroxylation is 1. The van der Waals surface area contributed by atoms with Gasteiger partial charge in [0.2, 0.25) is 5.96 Å². The minimum Gasteiger partial charge on any atom is -0.450 e. The lowest BCUT2D eigenvalue weighted by Gasteiger charge is -2.19. The van der Waals surface area contributed by atoms with Gasteiger partial charge >= 0.3 is 6.09 Å². The summed E-state index contributed by atoms with van der Waals surface area (Å²) in [4.78, 5) is 27.8. The number of carbonyl (C=O) groups excluding carboxylic acids is 1. The van der Waals surface area contributed by atoms with Gasteiger partial charge in [0.15, 0.2) is 0 Å². The van der Waals surface area contributed by atoms with Crippen LogP contribution in [0.1, 0.15) is 42.6 Å². The van der Waals surface area contributed by atoms with Gasteiger partial charge in [0, 0.05) is 48.9 Å². The monoisotopic (exact) mass is 470 g/mol. The number of amides is 1. The number of nitrogens with one attached hydrogen (secondary N) is 3. The van der Waals surface area contributed by atoms with E-state index < -0.39 is 17.7 Å². The van der Waals surface area contributed by atoms with Crippen molar-refractivity contribution in [1.82, 2.24) is 25.6 Å². The van der Waals surface area contributed by atoms with Crippen LogP contribution >= 0.6 is 0 Å². The molecule has 1 aromatic carbocycles. The van der Waals surface area contributed by atoms with Gasteiger partial charge in [-0.3, -0.25) is 15.3 Å². The Morgan fingerprint density at radius 2 is 2.06 bits per heavy atom. The number of H-pyrrole nitrogens is 1. The van der Waals surface area contributed by atoms with Crippen molar-refractivity contribution in [1.29, 1.82) is 0 Å². The molecule has 0 saturated carbocycles. The van der Waals surface area contributed by atoms with Crippen molar-refractivity contribution < 1.29 is 18.3 Å². The molecule has 0 aliphatic rings.